The van der Waals surface area contributed by atoms with Crippen molar-refractivity contribution in [2.75, 3.05) is 0 Å². The minimum absolute atomic E-state index is 0.181. The second-order valence-corrected chi connectivity index (χ2v) is 5.42. The van der Waals surface area contributed by atoms with E-state index >= 15 is 0 Å². The van der Waals surface area contributed by atoms with Gasteiger partial charge in [-0.15, -0.1) is 11.3 Å². The molecule has 0 aliphatic heterocycles. The van der Waals surface area contributed by atoms with E-state index in [1.165, 1.54) is 12.8 Å². The van der Waals surface area contributed by atoms with Crippen molar-refractivity contribution in [3.8, 4) is 0 Å². The van der Waals surface area contributed by atoms with Crippen LogP contribution >= 0.6 is 11.3 Å². The van der Waals surface area contributed by atoms with Crippen LogP contribution in [0.3, 0.4) is 0 Å². The van der Waals surface area contributed by atoms with Crippen LogP contribution < -0.4 is 11.1 Å². The van der Waals surface area contributed by atoms with Gasteiger partial charge in [-0.05, 0) is 12.8 Å². The van der Waals surface area contributed by atoms with Crippen LogP contribution in [0.25, 0.3) is 0 Å². The minimum atomic E-state index is -0.589. The molecular formula is C12H17N3O2S. The highest BCUT2D eigenvalue weighted by Gasteiger charge is 2.18. The number of nitrogens with two attached hydrogens (primary N) is 1. The maximum Gasteiger partial charge on any atom is 0.277 e. The number of rotatable bonds is 3. The largest absolute Gasteiger partial charge is 0.364 e. The topological polar surface area (TPSA) is 85.1 Å². The number of carbonyl (C=O) groups is 2. The number of carbonyl (C=O) groups excluding carboxylic acids is 2. The van der Waals surface area contributed by atoms with E-state index in [0.717, 1.165) is 37.0 Å². The van der Waals surface area contributed by atoms with Gasteiger partial charge < -0.3 is 11.1 Å². The predicted molar refractivity (Wildman–Crippen MR) is 69.6 cm³/mol. The number of thiazole rings is 1. The van der Waals surface area contributed by atoms with E-state index in [4.69, 9.17) is 5.73 Å². The zero-order valence-corrected chi connectivity index (χ0v) is 11.0. The van der Waals surface area contributed by atoms with E-state index in [1.54, 1.807) is 5.38 Å². The number of nitrogens with one attached hydrogen (secondary N) is 1. The van der Waals surface area contributed by atoms with Crippen LogP contribution in [0.1, 0.15) is 58.8 Å². The second-order valence-electron chi connectivity index (χ2n) is 4.56. The van der Waals surface area contributed by atoms with Gasteiger partial charge >= 0.3 is 0 Å². The fraction of sp³-hybridized carbons (Fsp3) is 0.583. The second kappa shape index (κ2) is 5.95. The molecule has 1 aliphatic carbocycles. The standard InChI is InChI=1S/C12H17N3O2S/c13-10(16)12-15-9(7-18-12)11(17)14-8-5-3-1-2-4-6-8/h7-8H,1-6H2,(H2,13,16)(H,14,17). The molecule has 3 N–H and O–H groups in total. The van der Waals surface area contributed by atoms with Crippen LogP contribution in [-0.4, -0.2) is 22.8 Å². The lowest BCUT2D eigenvalue weighted by molar-refractivity contribution is 0.0929. The van der Waals surface area contributed by atoms with Crippen molar-refractivity contribution in [2.45, 2.75) is 44.6 Å². The molecule has 0 spiro atoms. The Labute approximate surface area is 110 Å². The molecule has 0 aromatic carbocycles. The maximum atomic E-state index is 11.9. The highest BCUT2D eigenvalue weighted by molar-refractivity contribution is 7.11. The average Bonchev–Trinajstić information content (AvgIpc) is 2.70. The van der Waals surface area contributed by atoms with Crippen molar-refractivity contribution >= 4 is 23.2 Å². The Morgan fingerprint density at radius 2 is 1.94 bits per heavy atom. The van der Waals surface area contributed by atoms with Gasteiger partial charge in [-0.3, -0.25) is 9.59 Å². The molecule has 1 heterocycles. The Hall–Kier alpha value is -1.43. The molecule has 0 saturated heterocycles. The summed E-state index contributed by atoms with van der Waals surface area (Å²) in [6.07, 6.45) is 6.87. The summed E-state index contributed by atoms with van der Waals surface area (Å²) in [4.78, 5) is 26.8. The van der Waals surface area contributed by atoms with E-state index in [-0.39, 0.29) is 22.7 Å². The monoisotopic (exact) mass is 267 g/mol. The van der Waals surface area contributed by atoms with Crippen LogP contribution in [-0.2, 0) is 0 Å². The molecule has 1 fully saturated rings. The first-order chi connectivity index (χ1) is 8.66. The summed E-state index contributed by atoms with van der Waals surface area (Å²) >= 11 is 1.11. The molecule has 18 heavy (non-hydrogen) atoms. The van der Waals surface area contributed by atoms with Crippen LogP contribution in [0.5, 0.6) is 0 Å². The van der Waals surface area contributed by atoms with E-state index < -0.39 is 5.91 Å². The summed E-state index contributed by atoms with van der Waals surface area (Å²) in [5, 5.41) is 4.74. The van der Waals surface area contributed by atoms with Gasteiger partial charge in [-0.25, -0.2) is 4.98 Å². The van der Waals surface area contributed by atoms with Crippen LogP contribution in [0.15, 0.2) is 5.38 Å². The lowest BCUT2D eigenvalue weighted by Crippen LogP contribution is -2.34. The highest BCUT2D eigenvalue weighted by atomic mass is 32.1. The van der Waals surface area contributed by atoms with Crippen molar-refractivity contribution in [3.63, 3.8) is 0 Å². The van der Waals surface area contributed by atoms with Gasteiger partial charge in [-0.1, -0.05) is 25.7 Å². The van der Waals surface area contributed by atoms with E-state index in [9.17, 15) is 9.59 Å². The third kappa shape index (κ3) is 3.29. The minimum Gasteiger partial charge on any atom is -0.364 e. The van der Waals surface area contributed by atoms with Crippen molar-refractivity contribution in [1.29, 1.82) is 0 Å². The van der Waals surface area contributed by atoms with Crippen LogP contribution in [0.4, 0.5) is 0 Å². The molecule has 1 saturated carbocycles. The zero-order valence-electron chi connectivity index (χ0n) is 10.1. The Balaban J connectivity index is 1.95. The number of aromatic nitrogens is 1. The number of amides is 2. The Kier molecular flexibility index (Phi) is 4.30. The lowest BCUT2D eigenvalue weighted by Gasteiger charge is -2.14. The van der Waals surface area contributed by atoms with Crippen molar-refractivity contribution in [1.82, 2.24) is 10.3 Å². The van der Waals surface area contributed by atoms with Gasteiger partial charge in [-0.2, -0.15) is 0 Å². The van der Waals surface area contributed by atoms with Gasteiger partial charge in [0.1, 0.15) is 5.69 Å². The molecule has 2 rings (SSSR count). The summed E-state index contributed by atoms with van der Waals surface area (Å²) < 4.78 is 0. The van der Waals surface area contributed by atoms with Gasteiger partial charge in [0.2, 0.25) is 0 Å². The molecule has 0 radical (unpaired) electrons. The molecule has 0 bridgehead atoms. The van der Waals surface area contributed by atoms with E-state index in [1.807, 2.05) is 0 Å². The molecule has 0 unspecified atom stereocenters. The predicted octanol–water partition coefficient (Wildman–Crippen LogP) is 1.69. The van der Waals surface area contributed by atoms with E-state index in [0.29, 0.717) is 0 Å². The summed E-state index contributed by atoms with van der Waals surface area (Å²) in [7, 11) is 0. The molecule has 1 aliphatic rings. The first-order valence-corrected chi connectivity index (χ1v) is 7.11. The normalized spacial score (nSPS) is 17.1. The average molecular weight is 267 g/mol. The van der Waals surface area contributed by atoms with Gasteiger partial charge in [0.25, 0.3) is 11.8 Å². The van der Waals surface area contributed by atoms with Gasteiger partial charge in [0.05, 0.1) is 0 Å². The fourth-order valence-electron chi connectivity index (χ4n) is 2.17. The molecule has 0 atom stereocenters. The van der Waals surface area contributed by atoms with Crippen LogP contribution in [0, 0.1) is 0 Å². The first-order valence-electron chi connectivity index (χ1n) is 6.23. The molecule has 98 valence electrons. The van der Waals surface area contributed by atoms with Gasteiger partial charge in [0.15, 0.2) is 5.01 Å². The summed E-state index contributed by atoms with van der Waals surface area (Å²) in [6.45, 7) is 0. The van der Waals surface area contributed by atoms with Crippen molar-refractivity contribution in [2.24, 2.45) is 5.73 Å². The number of nitrogens with zero attached hydrogens (tertiary/aromatic N) is 1. The maximum absolute atomic E-state index is 11.9. The Bertz CT molecular complexity index is 436. The molecular weight excluding hydrogens is 250 g/mol. The molecule has 6 heteroatoms. The molecule has 5 nitrogen and oxygen atoms in total. The zero-order chi connectivity index (χ0) is 13.0. The summed E-state index contributed by atoms with van der Waals surface area (Å²) in [5.74, 6) is -0.792. The first kappa shape index (κ1) is 13.0. The quantitative estimate of drug-likeness (QED) is 0.817. The Morgan fingerprint density at radius 1 is 1.28 bits per heavy atom. The number of hydrogen-bond acceptors (Lipinski definition) is 4. The number of primary amides is 1. The van der Waals surface area contributed by atoms with Crippen LogP contribution in [0.2, 0.25) is 0 Å². The fourth-order valence-corrected chi connectivity index (χ4v) is 2.82. The molecule has 2 amide bonds. The summed E-state index contributed by atoms with van der Waals surface area (Å²) in [5.41, 5.74) is 5.40. The van der Waals surface area contributed by atoms with Crippen molar-refractivity contribution < 1.29 is 9.59 Å². The molecule has 1 aromatic heterocycles. The van der Waals surface area contributed by atoms with Crippen molar-refractivity contribution in [3.05, 3.63) is 16.1 Å². The lowest BCUT2D eigenvalue weighted by atomic mass is 10.1. The summed E-state index contributed by atoms with van der Waals surface area (Å²) in [6, 6.07) is 0.235. The third-order valence-electron chi connectivity index (χ3n) is 3.14. The smallest absolute Gasteiger partial charge is 0.277 e. The van der Waals surface area contributed by atoms with Gasteiger partial charge in [0, 0.05) is 11.4 Å². The third-order valence-corrected chi connectivity index (χ3v) is 3.99. The highest BCUT2D eigenvalue weighted by Crippen LogP contribution is 2.18. The SMILES string of the molecule is NC(=O)c1nc(C(=O)NC2CCCCCC2)cs1. The number of hydrogen-bond donors (Lipinski definition) is 2. The van der Waals surface area contributed by atoms with E-state index in [2.05, 4.69) is 10.3 Å². The Morgan fingerprint density at radius 3 is 2.50 bits per heavy atom. The molecule has 1 aromatic rings.